The Balaban J connectivity index is 0.00000264. The normalized spacial score (nSPS) is 11.0. The van der Waals surface area contributed by atoms with Gasteiger partial charge >= 0.3 is 6.61 Å². The summed E-state index contributed by atoms with van der Waals surface area (Å²) in [6.07, 6.45) is 1.60. The molecule has 0 atom stereocenters. The van der Waals surface area contributed by atoms with E-state index in [1.54, 1.807) is 25.4 Å². The number of furan rings is 1. The van der Waals surface area contributed by atoms with Gasteiger partial charge in [-0.1, -0.05) is 12.1 Å². The van der Waals surface area contributed by atoms with Crippen molar-refractivity contribution in [2.75, 3.05) is 7.05 Å². The number of benzene rings is 1. The molecule has 23 heavy (non-hydrogen) atoms. The molecule has 0 aliphatic rings. The van der Waals surface area contributed by atoms with Crippen molar-refractivity contribution in [2.45, 2.75) is 19.7 Å². The minimum atomic E-state index is -2.83. The second-order valence-corrected chi connectivity index (χ2v) is 4.38. The molecule has 126 valence electrons. The molecule has 1 aromatic heterocycles. The van der Waals surface area contributed by atoms with Gasteiger partial charge in [0.05, 0.1) is 12.8 Å². The molecule has 2 N–H and O–H groups in total. The zero-order chi connectivity index (χ0) is 15.8. The predicted octanol–water partition coefficient (Wildman–Crippen LogP) is 3.36. The average Bonchev–Trinajstić information content (AvgIpc) is 3.00. The summed E-state index contributed by atoms with van der Waals surface area (Å²) >= 11 is 0. The number of ether oxygens (including phenoxy) is 1. The standard InChI is InChI=1S/C15H17F2N3O2.HI/c1-18-15(20-10-13-6-3-7-21-13)19-9-11-4-2-5-12(8-11)22-14(16)17;/h2-8,14H,9-10H2,1H3,(H2,18,19,20);1H. The maximum Gasteiger partial charge on any atom is 0.387 e. The molecule has 0 saturated carbocycles. The first-order valence-electron chi connectivity index (χ1n) is 6.68. The van der Waals surface area contributed by atoms with Crippen molar-refractivity contribution >= 4 is 29.9 Å². The lowest BCUT2D eigenvalue weighted by atomic mass is 10.2. The largest absolute Gasteiger partial charge is 0.467 e. The molecule has 1 aromatic carbocycles. The van der Waals surface area contributed by atoms with Crippen LogP contribution in [-0.2, 0) is 13.1 Å². The van der Waals surface area contributed by atoms with E-state index in [1.807, 2.05) is 18.2 Å². The fraction of sp³-hybridized carbons (Fsp3) is 0.267. The molecule has 0 aliphatic carbocycles. The van der Waals surface area contributed by atoms with Gasteiger partial charge in [0.25, 0.3) is 0 Å². The molecule has 0 unspecified atom stereocenters. The van der Waals surface area contributed by atoms with Gasteiger partial charge in [0.15, 0.2) is 5.96 Å². The maximum absolute atomic E-state index is 12.2. The summed E-state index contributed by atoms with van der Waals surface area (Å²) in [7, 11) is 1.65. The van der Waals surface area contributed by atoms with Gasteiger partial charge in [-0.2, -0.15) is 8.78 Å². The van der Waals surface area contributed by atoms with E-state index in [1.165, 1.54) is 6.07 Å². The summed E-state index contributed by atoms with van der Waals surface area (Å²) in [5, 5.41) is 6.17. The molecule has 2 rings (SSSR count). The van der Waals surface area contributed by atoms with Crippen LogP contribution in [0.2, 0.25) is 0 Å². The lowest BCUT2D eigenvalue weighted by molar-refractivity contribution is -0.0498. The van der Waals surface area contributed by atoms with Gasteiger partial charge in [-0.3, -0.25) is 4.99 Å². The highest BCUT2D eigenvalue weighted by Crippen LogP contribution is 2.15. The van der Waals surface area contributed by atoms with Gasteiger partial charge in [-0.05, 0) is 29.8 Å². The van der Waals surface area contributed by atoms with E-state index in [0.717, 1.165) is 11.3 Å². The van der Waals surface area contributed by atoms with Gasteiger partial charge in [0, 0.05) is 13.6 Å². The van der Waals surface area contributed by atoms with E-state index in [0.29, 0.717) is 19.0 Å². The van der Waals surface area contributed by atoms with Crippen molar-refractivity contribution in [1.29, 1.82) is 0 Å². The average molecular weight is 437 g/mol. The maximum atomic E-state index is 12.2. The van der Waals surface area contributed by atoms with Gasteiger partial charge in [-0.15, -0.1) is 24.0 Å². The Morgan fingerprint density at radius 3 is 2.65 bits per heavy atom. The number of rotatable bonds is 6. The van der Waals surface area contributed by atoms with Gasteiger partial charge in [0.2, 0.25) is 0 Å². The number of nitrogens with one attached hydrogen (secondary N) is 2. The third-order valence-corrected chi connectivity index (χ3v) is 2.82. The second-order valence-electron chi connectivity index (χ2n) is 4.38. The van der Waals surface area contributed by atoms with Crippen LogP contribution in [0, 0.1) is 0 Å². The predicted molar refractivity (Wildman–Crippen MR) is 94.2 cm³/mol. The molecule has 0 fully saturated rings. The van der Waals surface area contributed by atoms with Crippen molar-refractivity contribution in [3.63, 3.8) is 0 Å². The quantitative estimate of drug-likeness (QED) is 0.414. The SMILES string of the molecule is CN=C(NCc1cccc(OC(F)F)c1)NCc1ccco1.I. The molecule has 0 radical (unpaired) electrons. The fourth-order valence-corrected chi connectivity index (χ4v) is 1.82. The number of hydrogen-bond acceptors (Lipinski definition) is 3. The molecule has 0 amide bonds. The van der Waals surface area contributed by atoms with Crippen LogP contribution < -0.4 is 15.4 Å². The summed E-state index contributed by atoms with van der Waals surface area (Å²) in [4.78, 5) is 4.07. The first kappa shape index (κ1) is 19.2. The van der Waals surface area contributed by atoms with Gasteiger partial charge in [0.1, 0.15) is 11.5 Å². The van der Waals surface area contributed by atoms with Crippen LogP contribution in [-0.4, -0.2) is 19.6 Å². The lowest BCUT2D eigenvalue weighted by Crippen LogP contribution is -2.36. The Morgan fingerprint density at radius 1 is 1.22 bits per heavy atom. The Hall–Kier alpha value is -1.84. The first-order valence-corrected chi connectivity index (χ1v) is 6.68. The molecule has 5 nitrogen and oxygen atoms in total. The fourth-order valence-electron chi connectivity index (χ4n) is 1.82. The Labute approximate surface area is 150 Å². The highest BCUT2D eigenvalue weighted by molar-refractivity contribution is 14.0. The summed E-state index contributed by atoms with van der Waals surface area (Å²) in [6.45, 7) is -1.90. The van der Waals surface area contributed by atoms with Crippen LogP contribution in [0.4, 0.5) is 8.78 Å². The Bertz CT molecular complexity index is 607. The number of guanidine groups is 1. The molecular weight excluding hydrogens is 419 g/mol. The van der Waals surface area contributed by atoms with E-state index in [-0.39, 0.29) is 29.7 Å². The monoisotopic (exact) mass is 437 g/mol. The Morgan fingerprint density at radius 2 is 2.00 bits per heavy atom. The number of halogens is 3. The summed E-state index contributed by atoms with van der Waals surface area (Å²) in [5.74, 6) is 1.50. The van der Waals surface area contributed by atoms with Crippen molar-refractivity contribution in [3.05, 3.63) is 54.0 Å². The second kappa shape index (κ2) is 10.0. The van der Waals surface area contributed by atoms with Gasteiger partial charge in [-0.25, -0.2) is 0 Å². The summed E-state index contributed by atoms with van der Waals surface area (Å²) < 4.78 is 33.9. The van der Waals surface area contributed by atoms with Crippen molar-refractivity contribution in [3.8, 4) is 5.75 Å². The number of alkyl halides is 2. The Kier molecular flexibility index (Phi) is 8.38. The minimum Gasteiger partial charge on any atom is -0.467 e. The smallest absolute Gasteiger partial charge is 0.387 e. The van der Waals surface area contributed by atoms with Gasteiger partial charge < -0.3 is 19.8 Å². The lowest BCUT2D eigenvalue weighted by Gasteiger charge is -2.12. The number of hydrogen-bond donors (Lipinski definition) is 2. The van der Waals surface area contributed by atoms with E-state index < -0.39 is 6.61 Å². The highest BCUT2D eigenvalue weighted by Gasteiger charge is 2.05. The van der Waals surface area contributed by atoms with E-state index >= 15 is 0 Å². The van der Waals surface area contributed by atoms with Crippen molar-refractivity contribution in [2.24, 2.45) is 4.99 Å². The summed E-state index contributed by atoms with van der Waals surface area (Å²) in [6, 6.07) is 10.2. The molecule has 1 heterocycles. The molecule has 2 aromatic rings. The topological polar surface area (TPSA) is 58.8 Å². The van der Waals surface area contributed by atoms with Crippen LogP contribution in [0.25, 0.3) is 0 Å². The molecule has 8 heteroatoms. The first-order chi connectivity index (χ1) is 10.7. The van der Waals surface area contributed by atoms with Crippen molar-refractivity contribution in [1.82, 2.24) is 10.6 Å². The number of nitrogens with zero attached hydrogens (tertiary/aromatic N) is 1. The van der Waals surface area contributed by atoms with Crippen LogP contribution in [0.1, 0.15) is 11.3 Å². The third kappa shape index (κ3) is 6.85. The highest BCUT2D eigenvalue weighted by atomic mass is 127. The van der Waals surface area contributed by atoms with Crippen LogP contribution >= 0.6 is 24.0 Å². The third-order valence-electron chi connectivity index (χ3n) is 2.82. The van der Waals surface area contributed by atoms with E-state index in [9.17, 15) is 8.78 Å². The molecular formula is C15H18F2IN3O2. The van der Waals surface area contributed by atoms with Crippen molar-refractivity contribution < 1.29 is 17.9 Å². The molecule has 0 aliphatic heterocycles. The molecule has 0 saturated heterocycles. The minimum absolute atomic E-state index is 0. The summed E-state index contributed by atoms with van der Waals surface area (Å²) in [5.41, 5.74) is 0.805. The molecule has 0 spiro atoms. The van der Waals surface area contributed by atoms with E-state index in [4.69, 9.17) is 4.42 Å². The zero-order valence-corrected chi connectivity index (χ0v) is 14.8. The van der Waals surface area contributed by atoms with Crippen LogP contribution in [0.5, 0.6) is 5.75 Å². The number of aliphatic imine (C=N–C) groups is 1. The zero-order valence-electron chi connectivity index (χ0n) is 12.5. The molecule has 0 bridgehead atoms. The van der Waals surface area contributed by atoms with Crippen LogP contribution in [0.3, 0.4) is 0 Å². The van der Waals surface area contributed by atoms with Crippen LogP contribution in [0.15, 0.2) is 52.1 Å². The van der Waals surface area contributed by atoms with E-state index in [2.05, 4.69) is 20.4 Å².